The fraction of sp³-hybridized carbons (Fsp3) is 0.571. The Hall–Kier alpha value is -0.100. The maximum atomic E-state index is 11.2. The van der Waals surface area contributed by atoms with Crippen LogP contribution in [0.3, 0.4) is 0 Å². The van der Waals surface area contributed by atoms with Crippen LogP contribution in [0.2, 0.25) is 0 Å². The van der Waals surface area contributed by atoms with E-state index in [-0.39, 0.29) is 11.9 Å². The number of hydrogen-bond acceptors (Lipinski definition) is 3. The Labute approximate surface area is 79.7 Å². The molecule has 11 heavy (non-hydrogen) atoms. The molecule has 4 heteroatoms. The molecule has 2 atom stereocenters. The molecular weight excluding hydrogens is 257 g/mol. The predicted octanol–water partition coefficient (Wildman–Crippen LogP) is 1.04. The molecule has 0 spiro atoms. The summed E-state index contributed by atoms with van der Waals surface area (Å²) >= 11 is 1.97. The fourth-order valence-corrected chi connectivity index (χ4v) is 1.98. The Morgan fingerprint density at radius 3 is 2.91 bits per heavy atom. The summed E-state index contributed by atoms with van der Waals surface area (Å²) in [5.74, 6) is 0.0312. The average molecular weight is 267 g/mol. The third-order valence-corrected chi connectivity index (χ3v) is 2.98. The summed E-state index contributed by atoms with van der Waals surface area (Å²) in [5, 5.41) is 0. The van der Waals surface area contributed by atoms with E-state index in [0.717, 1.165) is 6.42 Å². The summed E-state index contributed by atoms with van der Waals surface area (Å²) in [6.07, 6.45) is 2.58. The van der Waals surface area contributed by atoms with Crippen LogP contribution in [0.5, 0.6) is 0 Å². The van der Waals surface area contributed by atoms with Gasteiger partial charge in [-0.2, -0.15) is 0 Å². The van der Waals surface area contributed by atoms with Crippen molar-refractivity contribution in [2.75, 3.05) is 7.11 Å². The quantitative estimate of drug-likeness (QED) is 0.359. The maximum Gasteiger partial charge on any atom is 0.327 e. The Morgan fingerprint density at radius 1 is 2.00 bits per heavy atom. The summed E-state index contributed by atoms with van der Waals surface area (Å²) < 4.78 is 7.57. The van der Waals surface area contributed by atoms with Gasteiger partial charge in [0.15, 0.2) is 0 Å². The van der Waals surface area contributed by atoms with E-state index in [1.807, 2.05) is 22.9 Å². The van der Waals surface area contributed by atoms with E-state index in [1.165, 1.54) is 7.11 Å². The molecule has 3 nitrogen and oxygen atoms in total. The molecule has 0 aromatic heterocycles. The van der Waals surface area contributed by atoms with E-state index >= 15 is 0 Å². The Morgan fingerprint density at radius 2 is 2.64 bits per heavy atom. The molecule has 1 aliphatic carbocycles. The van der Waals surface area contributed by atoms with Crippen molar-refractivity contribution in [2.45, 2.75) is 12.0 Å². The van der Waals surface area contributed by atoms with Crippen LogP contribution in [-0.4, -0.2) is 18.6 Å². The van der Waals surface area contributed by atoms with Crippen LogP contribution in [-0.2, 0) is 9.53 Å². The van der Waals surface area contributed by atoms with Crippen LogP contribution in [0.1, 0.15) is 6.42 Å². The highest BCUT2D eigenvalue weighted by Crippen LogP contribution is 2.45. The van der Waals surface area contributed by atoms with Gasteiger partial charge in [0.2, 0.25) is 0 Å². The van der Waals surface area contributed by atoms with E-state index in [9.17, 15) is 4.79 Å². The molecule has 2 unspecified atom stereocenters. The zero-order chi connectivity index (χ0) is 8.48. The lowest BCUT2D eigenvalue weighted by atomic mass is 10.2. The van der Waals surface area contributed by atoms with Crippen LogP contribution >= 0.6 is 22.9 Å². The van der Waals surface area contributed by atoms with Crippen LogP contribution in [0.25, 0.3) is 0 Å². The highest BCUT2D eigenvalue weighted by atomic mass is 127. The van der Waals surface area contributed by atoms with Gasteiger partial charge in [-0.15, -0.1) is 6.58 Å². The molecule has 0 heterocycles. The topological polar surface area (TPSA) is 38.3 Å². The fourth-order valence-electron chi connectivity index (χ4n) is 1.14. The first-order valence-electron chi connectivity index (χ1n) is 3.30. The summed E-state index contributed by atoms with van der Waals surface area (Å²) in [6, 6.07) is 0. The van der Waals surface area contributed by atoms with E-state index in [4.69, 9.17) is 0 Å². The maximum absolute atomic E-state index is 11.2. The van der Waals surface area contributed by atoms with E-state index in [2.05, 4.69) is 14.8 Å². The van der Waals surface area contributed by atoms with Gasteiger partial charge in [-0.05, 0) is 6.42 Å². The number of carbonyl (C=O) groups is 1. The molecule has 62 valence electrons. The molecule has 1 fully saturated rings. The Bertz CT molecular complexity index is 195. The molecule has 0 amide bonds. The van der Waals surface area contributed by atoms with Crippen LogP contribution < -0.4 is 3.53 Å². The van der Waals surface area contributed by atoms with Gasteiger partial charge >= 0.3 is 5.97 Å². The number of nitrogens with one attached hydrogen (secondary N) is 1. The van der Waals surface area contributed by atoms with Gasteiger partial charge < -0.3 is 4.74 Å². The van der Waals surface area contributed by atoms with Gasteiger partial charge in [0.05, 0.1) is 7.11 Å². The van der Waals surface area contributed by atoms with Crippen molar-refractivity contribution in [3.05, 3.63) is 12.7 Å². The molecule has 0 aliphatic heterocycles. The zero-order valence-electron chi connectivity index (χ0n) is 6.26. The number of hydrogen-bond donors (Lipinski definition) is 1. The zero-order valence-corrected chi connectivity index (χ0v) is 8.42. The van der Waals surface area contributed by atoms with Crippen molar-refractivity contribution in [1.29, 1.82) is 0 Å². The molecule has 1 rings (SSSR count). The van der Waals surface area contributed by atoms with Crippen LogP contribution in [0.4, 0.5) is 0 Å². The van der Waals surface area contributed by atoms with E-state index in [0.29, 0.717) is 0 Å². The second-order valence-corrected chi connectivity index (χ2v) is 3.14. The van der Waals surface area contributed by atoms with Gasteiger partial charge in [-0.25, -0.2) is 3.53 Å². The smallest absolute Gasteiger partial charge is 0.327 e. The number of ether oxygens (including phenoxy) is 1. The second kappa shape index (κ2) is 3.10. The van der Waals surface area contributed by atoms with Gasteiger partial charge in [-0.1, -0.05) is 6.08 Å². The lowest BCUT2D eigenvalue weighted by Gasteiger charge is -2.10. The summed E-state index contributed by atoms with van der Waals surface area (Å²) in [5.41, 5.74) is -0.475. The first kappa shape index (κ1) is 8.99. The molecular formula is C7H10INO2. The first-order valence-corrected chi connectivity index (χ1v) is 4.38. The largest absolute Gasteiger partial charge is 0.468 e. The third kappa shape index (κ3) is 1.29. The number of carbonyl (C=O) groups excluding carboxylic acids is 1. The molecule has 0 saturated heterocycles. The number of esters is 1. The molecule has 0 aromatic carbocycles. The average Bonchev–Trinajstić information content (AvgIpc) is 2.78. The SMILES string of the molecule is C=CC1CC1(NI)C(=O)OC. The minimum Gasteiger partial charge on any atom is -0.468 e. The van der Waals surface area contributed by atoms with Crippen LogP contribution in [0, 0.1) is 5.92 Å². The van der Waals surface area contributed by atoms with Crippen molar-refractivity contribution in [2.24, 2.45) is 5.92 Å². The van der Waals surface area contributed by atoms with Gasteiger partial charge in [-0.3, -0.25) is 4.79 Å². The third-order valence-electron chi connectivity index (χ3n) is 2.02. The molecule has 0 bridgehead atoms. The minimum absolute atomic E-state index is 0.197. The van der Waals surface area contributed by atoms with E-state index in [1.54, 1.807) is 6.08 Å². The molecule has 1 aliphatic rings. The second-order valence-electron chi connectivity index (χ2n) is 2.60. The van der Waals surface area contributed by atoms with E-state index < -0.39 is 5.54 Å². The normalized spacial score (nSPS) is 34.5. The van der Waals surface area contributed by atoms with Crippen molar-refractivity contribution in [1.82, 2.24) is 3.53 Å². The molecule has 0 radical (unpaired) electrons. The number of halogens is 1. The number of methoxy groups -OCH3 is 1. The standard InChI is InChI=1S/C7H10INO2/c1-3-5-4-7(5,9-8)6(10)11-2/h3,5,9H,1,4H2,2H3. The van der Waals surface area contributed by atoms with Gasteiger partial charge in [0.1, 0.15) is 5.54 Å². The van der Waals surface area contributed by atoms with Crippen LogP contribution in [0.15, 0.2) is 12.7 Å². The highest BCUT2D eigenvalue weighted by molar-refractivity contribution is 14.1. The van der Waals surface area contributed by atoms with Crippen molar-refractivity contribution in [3.8, 4) is 0 Å². The predicted molar refractivity (Wildman–Crippen MR) is 50.2 cm³/mol. The van der Waals surface area contributed by atoms with Gasteiger partial charge in [0.25, 0.3) is 0 Å². The summed E-state index contributed by atoms with van der Waals surface area (Å²) in [7, 11) is 1.40. The lowest BCUT2D eigenvalue weighted by molar-refractivity contribution is -0.143. The van der Waals surface area contributed by atoms with Crippen molar-refractivity contribution in [3.63, 3.8) is 0 Å². The molecule has 1 N–H and O–H groups in total. The number of rotatable bonds is 3. The van der Waals surface area contributed by atoms with Crippen molar-refractivity contribution >= 4 is 28.8 Å². The lowest BCUT2D eigenvalue weighted by Crippen LogP contribution is -2.36. The summed E-state index contributed by atoms with van der Waals surface area (Å²) in [4.78, 5) is 11.2. The Balaban J connectivity index is 2.66. The molecule has 1 saturated carbocycles. The monoisotopic (exact) mass is 267 g/mol. The van der Waals surface area contributed by atoms with Gasteiger partial charge in [0, 0.05) is 28.8 Å². The Kier molecular flexibility index (Phi) is 2.54. The molecule has 0 aromatic rings. The summed E-state index contributed by atoms with van der Waals surface area (Å²) in [6.45, 7) is 3.63. The first-order chi connectivity index (χ1) is 5.21. The highest BCUT2D eigenvalue weighted by Gasteiger charge is 2.59. The van der Waals surface area contributed by atoms with Crippen molar-refractivity contribution < 1.29 is 9.53 Å². The minimum atomic E-state index is -0.475.